The Kier molecular flexibility index (Phi) is 5.02. The van der Waals surface area contributed by atoms with Gasteiger partial charge >= 0.3 is 0 Å². The standard InChI is InChI=1S/C20H26N2O3/c1-13-9-15(14(2)22(13)17-5-6-17)7-8-21-20(23)16-10-18(24-3)12-19(11-16)25-4/h9-12,17H,5-8H2,1-4H3,(H,21,23). The Morgan fingerprint density at radius 3 is 2.32 bits per heavy atom. The Bertz CT molecular complexity index is 753. The number of nitrogens with zero attached hydrogens (tertiary/aromatic N) is 1. The molecule has 0 atom stereocenters. The van der Waals surface area contributed by atoms with Gasteiger partial charge in [-0.1, -0.05) is 0 Å². The largest absolute Gasteiger partial charge is 0.497 e. The molecule has 134 valence electrons. The van der Waals surface area contributed by atoms with E-state index in [4.69, 9.17) is 9.47 Å². The van der Waals surface area contributed by atoms with Gasteiger partial charge in [0.05, 0.1) is 14.2 Å². The molecule has 1 aliphatic rings. The first-order chi connectivity index (χ1) is 12.0. The molecule has 1 amide bonds. The summed E-state index contributed by atoms with van der Waals surface area (Å²) in [5, 5.41) is 2.99. The summed E-state index contributed by atoms with van der Waals surface area (Å²) >= 11 is 0. The zero-order valence-electron chi connectivity index (χ0n) is 15.4. The number of carbonyl (C=O) groups is 1. The summed E-state index contributed by atoms with van der Waals surface area (Å²) in [6, 6.07) is 8.12. The molecule has 1 aromatic carbocycles. The fourth-order valence-electron chi connectivity index (χ4n) is 3.34. The normalized spacial score (nSPS) is 13.6. The van der Waals surface area contributed by atoms with Crippen LogP contribution in [0.25, 0.3) is 0 Å². The number of aryl methyl sites for hydroxylation is 1. The van der Waals surface area contributed by atoms with Crippen LogP contribution in [0.2, 0.25) is 0 Å². The second-order valence-electron chi connectivity index (χ2n) is 6.60. The molecule has 3 rings (SSSR count). The summed E-state index contributed by atoms with van der Waals surface area (Å²) in [4.78, 5) is 12.4. The number of benzene rings is 1. The van der Waals surface area contributed by atoms with E-state index < -0.39 is 0 Å². The maximum absolute atomic E-state index is 12.4. The van der Waals surface area contributed by atoms with Crippen molar-refractivity contribution in [3.8, 4) is 11.5 Å². The molecule has 0 saturated heterocycles. The summed E-state index contributed by atoms with van der Waals surface area (Å²) in [5.74, 6) is 1.10. The van der Waals surface area contributed by atoms with Gasteiger partial charge in [-0.3, -0.25) is 4.79 Å². The van der Waals surface area contributed by atoms with Crippen LogP contribution in [0.3, 0.4) is 0 Å². The maximum Gasteiger partial charge on any atom is 0.251 e. The molecule has 25 heavy (non-hydrogen) atoms. The number of amides is 1. The van der Waals surface area contributed by atoms with E-state index in [-0.39, 0.29) is 5.91 Å². The van der Waals surface area contributed by atoms with Crippen molar-refractivity contribution in [1.29, 1.82) is 0 Å². The van der Waals surface area contributed by atoms with Crippen molar-refractivity contribution in [3.05, 3.63) is 46.8 Å². The minimum Gasteiger partial charge on any atom is -0.497 e. The van der Waals surface area contributed by atoms with E-state index in [2.05, 4.69) is 29.8 Å². The minimum absolute atomic E-state index is 0.117. The van der Waals surface area contributed by atoms with E-state index in [1.54, 1.807) is 32.4 Å². The third-order valence-corrected chi connectivity index (χ3v) is 4.79. The molecular formula is C20H26N2O3. The minimum atomic E-state index is -0.117. The summed E-state index contributed by atoms with van der Waals surface area (Å²) in [6.45, 7) is 4.94. The van der Waals surface area contributed by atoms with Crippen LogP contribution in [0.5, 0.6) is 11.5 Å². The van der Waals surface area contributed by atoms with E-state index in [9.17, 15) is 4.79 Å². The molecule has 5 nitrogen and oxygen atoms in total. The van der Waals surface area contributed by atoms with Crippen LogP contribution < -0.4 is 14.8 Å². The topological polar surface area (TPSA) is 52.5 Å². The summed E-state index contributed by atoms with van der Waals surface area (Å²) < 4.78 is 12.9. The van der Waals surface area contributed by atoms with Gasteiger partial charge in [0.1, 0.15) is 11.5 Å². The van der Waals surface area contributed by atoms with E-state index >= 15 is 0 Å². The second-order valence-corrected chi connectivity index (χ2v) is 6.60. The number of ether oxygens (including phenoxy) is 2. The molecular weight excluding hydrogens is 316 g/mol. The smallest absolute Gasteiger partial charge is 0.251 e. The summed E-state index contributed by atoms with van der Waals surface area (Å²) in [5.41, 5.74) is 4.50. The summed E-state index contributed by atoms with van der Waals surface area (Å²) in [6.07, 6.45) is 3.40. The van der Waals surface area contributed by atoms with Crippen molar-refractivity contribution in [2.75, 3.05) is 20.8 Å². The van der Waals surface area contributed by atoms with Crippen LogP contribution >= 0.6 is 0 Å². The highest BCUT2D eigenvalue weighted by Gasteiger charge is 2.26. The average molecular weight is 342 g/mol. The Morgan fingerprint density at radius 1 is 1.12 bits per heavy atom. The molecule has 0 unspecified atom stereocenters. The van der Waals surface area contributed by atoms with Gasteiger partial charge < -0.3 is 19.4 Å². The van der Waals surface area contributed by atoms with Crippen molar-refractivity contribution in [2.24, 2.45) is 0 Å². The fourth-order valence-corrected chi connectivity index (χ4v) is 3.34. The highest BCUT2D eigenvalue weighted by Crippen LogP contribution is 2.38. The summed E-state index contributed by atoms with van der Waals surface area (Å²) in [7, 11) is 3.15. The van der Waals surface area contributed by atoms with E-state index in [1.807, 2.05) is 0 Å². The van der Waals surface area contributed by atoms with E-state index in [0.717, 1.165) is 6.42 Å². The molecule has 1 aliphatic carbocycles. The lowest BCUT2D eigenvalue weighted by Gasteiger charge is -2.10. The van der Waals surface area contributed by atoms with Crippen molar-refractivity contribution >= 4 is 5.91 Å². The number of rotatable bonds is 7. The van der Waals surface area contributed by atoms with Crippen molar-refractivity contribution in [2.45, 2.75) is 39.2 Å². The molecule has 5 heteroatoms. The van der Waals surface area contributed by atoms with Crippen LogP contribution in [-0.2, 0) is 6.42 Å². The van der Waals surface area contributed by atoms with Gasteiger partial charge in [-0.2, -0.15) is 0 Å². The SMILES string of the molecule is COc1cc(OC)cc(C(=O)NCCc2cc(C)n(C3CC3)c2C)c1. The lowest BCUT2D eigenvalue weighted by atomic mass is 10.1. The molecule has 1 aromatic heterocycles. The predicted molar refractivity (Wildman–Crippen MR) is 97.8 cm³/mol. The van der Waals surface area contributed by atoms with Crippen LogP contribution in [0.15, 0.2) is 24.3 Å². The van der Waals surface area contributed by atoms with E-state index in [1.165, 1.54) is 29.8 Å². The fraction of sp³-hybridized carbons (Fsp3) is 0.450. The van der Waals surface area contributed by atoms with Gasteiger partial charge in [0.2, 0.25) is 0 Å². The van der Waals surface area contributed by atoms with Crippen molar-refractivity contribution in [1.82, 2.24) is 9.88 Å². The number of hydrogen-bond donors (Lipinski definition) is 1. The molecule has 1 saturated carbocycles. The third-order valence-electron chi connectivity index (χ3n) is 4.79. The first kappa shape index (κ1) is 17.4. The lowest BCUT2D eigenvalue weighted by Crippen LogP contribution is -2.25. The zero-order valence-corrected chi connectivity index (χ0v) is 15.4. The molecule has 0 aliphatic heterocycles. The zero-order chi connectivity index (χ0) is 18.0. The Labute approximate surface area is 148 Å². The van der Waals surface area contributed by atoms with Crippen LogP contribution in [0.4, 0.5) is 0 Å². The molecule has 2 aromatic rings. The molecule has 0 spiro atoms. The lowest BCUT2D eigenvalue weighted by molar-refractivity contribution is 0.0953. The van der Waals surface area contributed by atoms with Gasteiger partial charge in [-0.05, 0) is 56.9 Å². The average Bonchev–Trinajstić information content (AvgIpc) is 3.40. The van der Waals surface area contributed by atoms with Gasteiger partial charge in [-0.25, -0.2) is 0 Å². The van der Waals surface area contributed by atoms with Crippen LogP contribution in [0.1, 0.15) is 46.2 Å². The molecule has 1 heterocycles. The Morgan fingerprint density at radius 2 is 1.76 bits per heavy atom. The quantitative estimate of drug-likeness (QED) is 0.839. The monoisotopic (exact) mass is 342 g/mol. The van der Waals surface area contributed by atoms with Gasteiger partial charge in [-0.15, -0.1) is 0 Å². The number of aromatic nitrogens is 1. The van der Waals surface area contributed by atoms with Crippen molar-refractivity contribution in [3.63, 3.8) is 0 Å². The molecule has 1 N–H and O–H groups in total. The first-order valence-corrected chi connectivity index (χ1v) is 8.72. The predicted octanol–water partition coefficient (Wildman–Crippen LogP) is 3.43. The van der Waals surface area contributed by atoms with Gasteiger partial charge in [0.25, 0.3) is 5.91 Å². The first-order valence-electron chi connectivity index (χ1n) is 8.72. The molecule has 0 bridgehead atoms. The number of hydrogen-bond acceptors (Lipinski definition) is 3. The van der Waals surface area contributed by atoms with Crippen LogP contribution in [-0.4, -0.2) is 31.2 Å². The maximum atomic E-state index is 12.4. The number of methoxy groups -OCH3 is 2. The highest BCUT2D eigenvalue weighted by atomic mass is 16.5. The Hall–Kier alpha value is -2.43. The van der Waals surface area contributed by atoms with Gasteiger partial charge in [0.15, 0.2) is 0 Å². The van der Waals surface area contributed by atoms with Crippen molar-refractivity contribution < 1.29 is 14.3 Å². The Balaban J connectivity index is 1.62. The second kappa shape index (κ2) is 7.21. The molecule has 0 radical (unpaired) electrons. The number of nitrogens with one attached hydrogen (secondary N) is 1. The van der Waals surface area contributed by atoms with Gasteiger partial charge in [0, 0.05) is 35.6 Å². The van der Waals surface area contributed by atoms with E-state index in [0.29, 0.717) is 29.6 Å². The number of carbonyl (C=O) groups excluding carboxylic acids is 1. The molecule has 1 fully saturated rings. The third kappa shape index (κ3) is 3.81. The van der Waals surface area contributed by atoms with Crippen LogP contribution in [0, 0.1) is 13.8 Å². The highest BCUT2D eigenvalue weighted by molar-refractivity contribution is 5.95.